The molecule has 2 aromatic carbocycles. The Bertz CT molecular complexity index is 715. The number of ether oxygens (including phenoxy) is 1. The summed E-state index contributed by atoms with van der Waals surface area (Å²) in [5, 5.41) is 11.6. The first-order chi connectivity index (χ1) is 11.4. The minimum Gasteiger partial charge on any atom is -0.505 e. The van der Waals surface area contributed by atoms with E-state index in [9.17, 15) is 18.7 Å². The van der Waals surface area contributed by atoms with Crippen LogP contribution in [0.4, 0.5) is 8.78 Å². The average Bonchev–Trinajstić information content (AvgIpc) is 2.56. The Morgan fingerprint density at radius 3 is 2.46 bits per heavy atom. The van der Waals surface area contributed by atoms with Crippen LogP contribution in [0.3, 0.4) is 0 Å². The first kappa shape index (κ1) is 17.7. The number of aromatic hydroxyl groups is 1. The van der Waals surface area contributed by atoms with Crippen molar-refractivity contribution in [2.24, 2.45) is 0 Å². The van der Waals surface area contributed by atoms with Crippen LogP contribution in [0.1, 0.15) is 35.7 Å². The third-order valence-corrected chi connectivity index (χ3v) is 3.50. The van der Waals surface area contributed by atoms with Crippen LogP contribution < -0.4 is 10.1 Å². The van der Waals surface area contributed by atoms with Gasteiger partial charge in [-0.3, -0.25) is 4.79 Å². The normalized spacial score (nSPS) is 10.7. The third-order valence-electron chi connectivity index (χ3n) is 3.50. The first-order valence-electron chi connectivity index (χ1n) is 7.58. The van der Waals surface area contributed by atoms with Crippen molar-refractivity contribution in [3.63, 3.8) is 0 Å². The Hall–Kier alpha value is -2.63. The highest BCUT2D eigenvalue weighted by Gasteiger charge is 2.20. The molecule has 1 amide bonds. The molecule has 0 aliphatic heterocycles. The molecule has 0 saturated carbocycles. The zero-order valence-corrected chi connectivity index (χ0v) is 13.5. The fraction of sp³-hybridized carbons (Fsp3) is 0.278. The zero-order chi connectivity index (χ0) is 17.7. The highest BCUT2D eigenvalue weighted by atomic mass is 19.1. The Balaban J connectivity index is 1.86. The summed E-state index contributed by atoms with van der Waals surface area (Å²) in [6, 6.07) is 9.25. The number of phenols is 1. The van der Waals surface area contributed by atoms with Crippen molar-refractivity contribution >= 4 is 5.91 Å². The van der Waals surface area contributed by atoms with E-state index in [0.29, 0.717) is 11.7 Å². The van der Waals surface area contributed by atoms with E-state index < -0.39 is 28.9 Å². The molecule has 0 bridgehead atoms. The highest BCUT2D eigenvalue weighted by Crippen LogP contribution is 2.21. The van der Waals surface area contributed by atoms with Gasteiger partial charge in [0, 0.05) is 0 Å². The number of halogens is 2. The molecule has 0 atom stereocenters. The molecule has 0 spiro atoms. The monoisotopic (exact) mass is 335 g/mol. The van der Waals surface area contributed by atoms with Crippen molar-refractivity contribution in [3.8, 4) is 11.5 Å². The van der Waals surface area contributed by atoms with Gasteiger partial charge >= 0.3 is 0 Å². The summed E-state index contributed by atoms with van der Waals surface area (Å²) in [5.74, 6) is -2.97. The number of hydrogen-bond donors (Lipinski definition) is 2. The Morgan fingerprint density at radius 2 is 1.83 bits per heavy atom. The first-order valence-corrected chi connectivity index (χ1v) is 7.58. The standard InChI is InChI=1S/C18H19F2NO3/c1-11(2)12-3-5-13(6-4-12)24-10-9-21-18(23)16-14(19)7-8-15(22)17(16)20/h3-8,11,22H,9-10H2,1-2H3,(H,21,23). The second-order valence-electron chi connectivity index (χ2n) is 5.58. The molecule has 2 N–H and O–H groups in total. The number of amides is 1. The molecule has 128 valence electrons. The Kier molecular flexibility index (Phi) is 5.73. The van der Waals surface area contributed by atoms with Crippen LogP contribution in [-0.4, -0.2) is 24.2 Å². The molecule has 0 unspecified atom stereocenters. The van der Waals surface area contributed by atoms with Gasteiger partial charge < -0.3 is 15.2 Å². The van der Waals surface area contributed by atoms with Gasteiger partial charge in [0.05, 0.1) is 6.54 Å². The maximum absolute atomic E-state index is 13.6. The molecular weight excluding hydrogens is 316 g/mol. The van der Waals surface area contributed by atoms with Crippen molar-refractivity contribution in [2.75, 3.05) is 13.2 Å². The summed E-state index contributed by atoms with van der Waals surface area (Å²) >= 11 is 0. The van der Waals surface area contributed by atoms with Crippen LogP contribution in [-0.2, 0) is 0 Å². The van der Waals surface area contributed by atoms with Crippen molar-refractivity contribution < 1.29 is 23.4 Å². The summed E-state index contributed by atoms with van der Waals surface area (Å²) in [6.45, 7) is 4.39. The molecule has 4 nitrogen and oxygen atoms in total. The number of rotatable bonds is 6. The van der Waals surface area contributed by atoms with Gasteiger partial charge in [0.25, 0.3) is 5.91 Å². The number of nitrogens with one attached hydrogen (secondary N) is 1. The lowest BCUT2D eigenvalue weighted by molar-refractivity contribution is 0.0937. The van der Waals surface area contributed by atoms with E-state index >= 15 is 0 Å². The zero-order valence-electron chi connectivity index (χ0n) is 13.5. The van der Waals surface area contributed by atoms with Crippen molar-refractivity contribution in [2.45, 2.75) is 19.8 Å². The van der Waals surface area contributed by atoms with E-state index in [0.717, 1.165) is 12.1 Å². The fourth-order valence-corrected chi connectivity index (χ4v) is 2.12. The number of carbonyl (C=O) groups excluding carboxylic acids is 1. The van der Waals surface area contributed by atoms with E-state index in [2.05, 4.69) is 19.2 Å². The lowest BCUT2D eigenvalue weighted by Crippen LogP contribution is -2.29. The molecule has 24 heavy (non-hydrogen) atoms. The summed E-state index contributed by atoms with van der Waals surface area (Å²) < 4.78 is 32.6. The van der Waals surface area contributed by atoms with Crippen LogP contribution in [0.2, 0.25) is 0 Å². The topological polar surface area (TPSA) is 58.6 Å². The second-order valence-corrected chi connectivity index (χ2v) is 5.58. The maximum Gasteiger partial charge on any atom is 0.257 e. The van der Waals surface area contributed by atoms with Gasteiger partial charge in [0.2, 0.25) is 0 Å². The minimum absolute atomic E-state index is 0.0688. The summed E-state index contributed by atoms with van der Waals surface area (Å²) in [4.78, 5) is 11.8. The molecule has 6 heteroatoms. The van der Waals surface area contributed by atoms with E-state index in [1.807, 2.05) is 24.3 Å². The minimum atomic E-state index is -1.28. The average molecular weight is 335 g/mol. The molecular formula is C18H19F2NO3. The lowest BCUT2D eigenvalue weighted by atomic mass is 10.0. The van der Waals surface area contributed by atoms with Gasteiger partial charge in [-0.1, -0.05) is 26.0 Å². The number of benzene rings is 2. The number of carbonyl (C=O) groups is 1. The molecule has 2 aromatic rings. The lowest BCUT2D eigenvalue weighted by Gasteiger charge is -2.10. The van der Waals surface area contributed by atoms with Crippen LogP contribution in [0.5, 0.6) is 11.5 Å². The molecule has 0 heterocycles. The molecule has 0 aromatic heterocycles. The molecule has 0 aliphatic carbocycles. The molecule has 0 saturated heterocycles. The van der Waals surface area contributed by atoms with Gasteiger partial charge in [-0.25, -0.2) is 8.78 Å². The number of phenolic OH excluding ortho intramolecular Hbond substituents is 1. The fourth-order valence-electron chi connectivity index (χ4n) is 2.12. The predicted molar refractivity (Wildman–Crippen MR) is 86.4 cm³/mol. The van der Waals surface area contributed by atoms with Gasteiger partial charge in [0.15, 0.2) is 11.6 Å². The van der Waals surface area contributed by atoms with Gasteiger partial charge in [0.1, 0.15) is 23.7 Å². The Morgan fingerprint density at radius 1 is 1.17 bits per heavy atom. The van der Waals surface area contributed by atoms with Gasteiger partial charge in [-0.05, 0) is 35.7 Å². The largest absolute Gasteiger partial charge is 0.505 e. The SMILES string of the molecule is CC(C)c1ccc(OCCNC(=O)c2c(F)ccc(O)c2F)cc1. The number of hydrogen-bond acceptors (Lipinski definition) is 3. The van der Waals surface area contributed by atoms with E-state index in [4.69, 9.17) is 4.74 Å². The highest BCUT2D eigenvalue weighted by molar-refractivity contribution is 5.95. The van der Waals surface area contributed by atoms with Crippen LogP contribution >= 0.6 is 0 Å². The smallest absolute Gasteiger partial charge is 0.257 e. The van der Waals surface area contributed by atoms with Crippen LogP contribution in [0, 0.1) is 11.6 Å². The van der Waals surface area contributed by atoms with E-state index in [1.54, 1.807) is 0 Å². The molecule has 0 radical (unpaired) electrons. The third kappa shape index (κ3) is 4.22. The summed E-state index contributed by atoms with van der Waals surface area (Å²) in [7, 11) is 0. The van der Waals surface area contributed by atoms with E-state index in [-0.39, 0.29) is 13.2 Å². The van der Waals surface area contributed by atoms with Crippen molar-refractivity contribution in [3.05, 3.63) is 59.2 Å². The van der Waals surface area contributed by atoms with Crippen LogP contribution in [0.25, 0.3) is 0 Å². The van der Waals surface area contributed by atoms with Gasteiger partial charge in [-0.15, -0.1) is 0 Å². The van der Waals surface area contributed by atoms with E-state index in [1.165, 1.54) is 5.56 Å². The second kappa shape index (κ2) is 7.77. The molecule has 2 rings (SSSR count). The van der Waals surface area contributed by atoms with Gasteiger partial charge in [-0.2, -0.15) is 0 Å². The summed E-state index contributed by atoms with van der Waals surface area (Å²) in [5.41, 5.74) is 0.377. The Labute approximate surface area is 139 Å². The van der Waals surface area contributed by atoms with Crippen molar-refractivity contribution in [1.82, 2.24) is 5.32 Å². The molecule has 0 aliphatic rings. The predicted octanol–water partition coefficient (Wildman–Crippen LogP) is 3.60. The van der Waals surface area contributed by atoms with Crippen molar-refractivity contribution in [1.29, 1.82) is 0 Å². The maximum atomic E-state index is 13.6. The molecule has 0 fully saturated rings. The van der Waals surface area contributed by atoms with Crippen LogP contribution in [0.15, 0.2) is 36.4 Å². The quantitative estimate of drug-likeness (QED) is 0.793. The summed E-state index contributed by atoms with van der Waals surface area (Å²) in [6.07, 6.45) is 0.